The first kappa shape index (κ1) is 8.74. The van der Waals surface area contributed by atoms with Gasteiger partial charge in [0.2, 0.25) is 0 Å². The molecule has 2 N–H and O–H groups in total. The van der Waals surface area contributed by atoms with Gasteiger partial charge in [0.1, 0.15) is 6.17 Å². The smallest absolute Gasteiger partial charge is 0.310 e. The lowest BCUT2D eigenvalue weighted by Crippen LogP contribution is -2.34. The Kier molecular flexibility index (Phi) is 2.18. The maximum absolute atomic E-state index is 10.9. The fraction of sp³-hybridized carbons (Fsp3) is 0.200. The van der Waals surface area contributed by atoms with Crippen LogP contribution in [0.25, 0.3) is 0 Å². The lowest BCUT2D eigenvalue weighted by atomic mass is 10.1. The highest BCUT2D eigenvalue weighted by Gasteiger charge is 2.28. The van der Waals surface area contributed by atoms with E-state index in [1.54, 1.807) is 0 Å². The minimum atomic E-state index is -0.550. The summed E-state index contributed by atoms with van der Waals surface area (Å²) in [5.74, 6) is -1.10. The Morgan fingerprint density at radius 1 is 1.00 bits per heavy atom. The largest absolute Gasteiger partial charge is 0.327 e. The Morgan fingerprint density at radius 2 is 1.57 bits per heavy atom. The molecule has 4 heteroatoms. The fourth-order valence-electron chi connectivity index (χ4n) is 1.44. The third kappa shape index (κ3) is 1.74. The Labute approximate surface area is 81.3 Å². The standard InChI is InChI=1S/C10H10N2O2/c13-9-10(14)12-8(11-9)6-7-4-2-1-3-5-7/h1-5,8H,6H2,(H,11,13)(H,12,14). The maximum atomic E-state index is 10.9. The van der Waals surface area contributed by atoms with Gasteiger partial charge in [0, 0.05) is 6.42 Å². The van der Waals surface area contributed by atoms with Gasteiger partial charge in [0.05, 0.1) is 0 Å². The van der Waals surface area contributed by atoms with Gasteiger partial charge in [-0.1, -0.05) is 30.3 Å². The lowest BCUT2D eigenvalue weighted by Gasteiger charge is -2.08. The molecule has 0 radical (unpaired) electrons. The van der Waals surface area contributed by atoms with Crippen molar-refractivity contribution >= 4 is 11.8 Å². The summed E-state index contributed by atoms with van der Waals surface area (Å²) in [6, 6.07) is 9.68. The highest BCUT2D eigenvalue weighted by atomic mass is 16.2. The molecule has 0 bridgehead atoms. The highest BCUT2D eigenvalue weighted by molar-refractivity contribution is 6.37. The summed E-state index contributed by atoms with van der Waals surface area (Å²) in [5.41, 5.74) is 1.08. The van der Waals surface area contributed by atoms with E-state index in [-0.39, 0.29) is 6.17 Å². The van der Waals surface area contributed by atoms with Crippen molar-refractivity contribution in [3.63, 3.8) is 0 Å². The monoisotopic (exact) mass is 190 g/mol. The molecule has 72 valence electrons. The Balaban J connectivity index is 2.00. The summed E-state index contributed by atoms with van der Waals surface area (Å²) in [5, 5.41) is 5.11. The second-order valence-corrected chi connectivity index (χ2v) is 3.19. The van der Waals surface area contributed by atoms with E-state index in [2.05, 4.69) is 10.6 Å². The van der Waals surface area contributed by atoms with Crippen LogP contribution >= 0.6 is 0 Å². The predicted octanol–water partition coefficient (Wildman–Crippen LogP) is -0.199. The molecule has 1 heterocycles. The summed E-state index contributed by atoms with van der Waals surface area (Å²) < 4.78 is 0. The Bertz CT molecular complexity index is 346. The van der Waals surface area contributed by atoms with Crippen LogP contribution in [0.4, 0.5) is 0 Å². The van der Waals surface area contributed by atoms with Gasteiger partial charge in [-0.25, -0.2) is 0 Å². The SMILES string of the molecule is O=C1NC(Cc2ccccc2)NC1=O. The zero-order valence-corrected chi connectivity index (χ0v) is 7.49. The van der Waals surface area contributed by atoms with Gasteiger partial charge in [-0.05, 0) is 5.56 Å². The normalized spacial score (nSPS) is 16.6. The van der Waals surface area contributed by atoms with Gasteiger partial charge in [-0.15, -0.1) is 0 Å². The second-order valence-electron chi connectivity index (χ2n) is 3.19. The Hall–Kier alpha value is -1.84. The van der Waals surface area contributed by atoms with E-state index in [1.807, 2.05) is 30.3 Å². The highest BCUT2D eigenvalue weighted by Crippen LogP contribution is 2.03. The van der Waals surface area contributed by atoms with Crippen LogP contribution in [0.1, 0.15) is 5.56 Å². The first-order valence-corrected chi connectivity index (χ1v) is 4.41. The molecule has 1 aromatic rings. The van der Waals surface area contributed by atoms with Crippen molar-refractivity contribution in [2.24, 2.45) is 0 Å². The molecule has 1 fully saturated rings. The summed E-state index contributed by atoms with van der Waals surface area (Å²) >= 11 is 0. The van der Waals surface area contributed by atoms with Crippen LogP contribution in [0.3, 0.4) is 0 Å². The van der Waals surface area contributed by atoms with Gasteiger partial charge in [-0.2, -0.15) is 0 Å². The van der Waals surface area contributed by atoms with Crippen molar-refractivity contribution < 1.29 is 9.59 Å². The van der Waals surface area contributed by atoms with E-state index >= 15 is 0 Å². The lowest BCUT2D eigenvalue weighted by molar-refractivity contribution is -0.135. The van der Waals surface area contributed by atoms with Gasteiger partial charge in [0.25, 0.3) is 0 Å². The summed E-state index contributed by atoms with van der Waals surface area (Å²) in [7, 11) is 0. The number of benzene rings is 1. The van der Waals surface area contributed by atoms with E-state index in [9.17, 15) is 9.59 Å². The number of hydrogen-bond donors (Lipinski definition) is 2. The molecule has 0 atom stereocenters. The molecule has 1 aliphatic heterocycles. The quantitative estimate of drug-likeness (QED) is 0.634. The van der Waals surface area contributed by atoms with Crippen molar-refractivity contribution in [1.82, 2.24) is 10.6 Å². The number of rotatable bonds is 2. The summed E-state index contributed by atoms with van der Waals surface area (Å²) in [4.78, 5) is 21.7. The number of hydrogen-bond acceptors (Lipinski definition) is 2. The van der Waals surface area contributed by atoms with Crippen molar-refractivity contribution in [2.75, 3.05) is 0 Å². The van der Waals surface area contributed by atoms with Crippen molar-refractivity contribution in [3.05, 3.63) is 35.9 Å². The first-order valence-electron chi connectivity index (χ1n) is 4.41. The van der Waals surface area contributed by atoms with Crippen molar-refractivity contribution in [2.45, 2.75) is 12.6 Å². The first-order chi connectivity index (χ1) is 6.75. The van der Waals surface area contributed by atoms with Crippen LogP contribution in [0, 0.1) is 0 Å². The van der Waals surface area contributed by atoms with Gasteiger partial charge in [-0.3, -0.25) is 9.59 Å². The average Bonchev–Trinajstić information content (AvgIpc) is 2.47. The Morgan fingerprint density at radius 3 is 2.14 bits per heavy atom. The fourth-order valence-corrected chi connectivity index (χ4v) is 1.44. The minimum Gasteiger partial charge on any atom is -0.327 e. The predicted molar refractivity (Wildman–Crippen MR) is 50.2 cm³/mol. The molecule has 1 aromatic carbocycles. The molecule has 0 unspecified atom stereocenters. The number of carbonyl (C=O) groups excluding carboxylic acids is 2. The number of carbonyl (C=O) groups is 2. The van der Waals surface area contributed by atoms with Gasteiger partial charge >= 0.3 is 11.8 Å². The maximum Gasteiger partial charge on any atom is 0.310 e. The average molecular weight is 190 g/mol. The van der Waals surface area contributed by atoms with Crippen LogP contribution in [0.2, 0.25) is 0 Å². The molecular weight excluding hydrogens is 180 g/mol. The number of amides is 2. The van der Waals surface area contributed by atoms with Crippen LogP contribution in [0.15, 0.2) is 30.3 Å². The van der Waals surface area contributed by atoms with Crippen LogP contribution in [0.5, 0.6) is 0 Å². The summed E-state index contributed by atoms with van der Waals surface area (Å²) in [6.45, 7) is 0. The minimum absolute atomic E-state index is 0.266. The van der Waals surface area contributed by atoms with Gasteiger partial charge in [0.15, 0.2) is 0 Å². The molecule has 0 saturated carbocycles. The van der Waals surface area contributed by atoms with E-state index in [4.69, 9.17) is 0 Å². The third-order valence-electron chi connectivity index (χ3n) is 2.10. The topological polar surface area (TPSA) is 58.2 Å². The molecular formula is C10H10N2O2. The van der Waals surface area contributed by atoms with E-state index in [1.165, 1.54) is 0 Å². The zero-order chi connectivity index (χ0) is 9.97. The molecule has 0 spiro atoms. The molecule has 14 heavy (non-hydrogen) atoms. The van der Waals surface area contributed by atoms with Crippen LogP contribution in [-0.4, -0.2) is 18.0 Å². The molecule has 2 amide bonds. The molecule has 0 aliphatic carbocycles. The van der Waals surface area contributed by atoms with Gasteiger partial charge < -0.3 is 10.6 Å². The zero-order valence-electron chi connectivity index (χ0n) is 7.49. The van der Waals surface area contributed by atoms with Crippen LogP contribution in [-0.2, 0) is 16.0 Å². The van der Waals surface area contributed by atoms with Crippen molar-refractivity contribution in [3.8, 4) is 0 Å². The molecule has 0 aromatic heterocycles. The summed E-state index contributed by atoms with van der Waals surface area (Å²) in [6.07, 6.45) is 0.357. The molecule has 4 nitrogen and oxygen atoms in total. The van der Waals surface area contributed by atoms with E-state index < -0.39 is 11.8 Å². The van der Waals surface area contributed by atoms with Crippen molar-refractivity contribution in [1.29, 1.82) is 0 Å². The van der Waals surface area contributed by atoms with E-state index in [0.29, 0.717) is 6.42 Å². The third-order valence-corrected chi connectivity index (χ3v) is 2.10. The molecule has 2 rings (SSSR count). The van der Waals surface area contributed by atoms with Crippen LogP contribution < -0.4 is 10.6 Å². The second kappa shape index (κ2) is 3.49. The number of nitrogens with one attached hydrogen (secondary N) is 2. The molecule has 1 saturated heterocycles. The molecule has 1 aliphatic rings. The van der Waals surface area contributed by atoms with E-state index in [0.717, 1.165) is 5.56 Å².